The minimum Gasteiger partial charge on any atom is -0.480 e. The zero-order valence-electron chi connectivity index (χ0n) is 7.15. The Hall–Kier alpha value is -0.810. The summed E-state index contributed by atoms with van der Waals surface area (Å²) in [5.74, 6) is -1.03. The summed E-state index contributed by atoms with van der Waals surface area (Å²) < 4.78 is 0. The SMILES string of the molecule is Cl.O=C(O)CN1CCNCCC1=O. The molecule has 0 aromatic carbocycles. The van der Waals surface area contributed by atoms with E-state index in [2.05, 4.69) is 5.32 Å². The molecule has 0 aromatic heterocycles. The molecule has 0 atom stereocenters. The first-order chi connectivity index (χ1) is 5.70. The van der Waals surface area contributed by atoms with Crippen molar-refractivity contribution in [3.63, 3.8) is 0 Å². The molecule has 1 fully saturated rings. The number of nitrogens with zero attached hydrogens (tertiary/aromatic N) is 1. The van der Waals surface area contributed by atoms with Crippen molar-refractivity contribution < 1.29 is 14.7 Å². The summed E-state index contributed by atoms with van der Waals surface area (Å²) in [7, 11) is 0. The number of nitrogens with one attached hydrogen (secondary N) is 1. The Kier molecular flexibility index (Phi) is 5.41. The third-order valence-corrected chi connectivity index (χ3v) is 1.75. The molecule has 5 nitrogen and oxygen atoms in total. The van der Waals surface area contributed by atoms with Gasteiger partial charge in [-0.3, -0.25) is 9.59 Å². The second kappa shape index (κ2) is 5.77. The van der Waals surface area contributed by atoms with E-state index in [-0.39, 0.29) is 24.9 Å². The zero-order valence-corrected chi connectivity index (χ0v) is 7.97. The van der Waals surface area contributed by atoms with Gasteiger partial charge in [-0.15, -0.1) is 12.4 Å². The van der Waals surface area contributed by atoms with E-state index in [1.54, 1.807) is 0 Å². The summed E-state index contributed by atoms with van der Waals surface area (Å²) in [5.41, 5.74) is 0. The molecular formula is C7H13ClN2O3. The van der Waals surface area contributed by atoms with Crippen molar-refractivity contribution in [3.8, 4) is 0 Å². The molecule has 1 amide bonds. The summed E-state index contributed by atoms with van der Waals surface area (Å²) in [6.07, 6.45) is 0.396. The number of amides is 1. The molecule has 1 heterocycles. The van der Waals surface area contributed by atoms with E-state index in [0.717, 1.165) is 0 Å². The number of hydrogen-bond donors (Lipinski definition) is 2. The fourth-order valence-electron chi connectivity index (χ4n) is 1.15. The number of carboxylic acids is 1. The number of halogens is 1. The van der Waals surface area contributed by atoms with Gasteiger partial charge in [-0.05, 0) is 0 Å². The van der Waals surface area contributed by atoms with Gasteiger partial charge in [0, 0.05) is 26.1 Å². The molecule has 13 heavy (non-hydrogen) atoms. The van der Waals surface area contributed by atoms with Crippen LogP contribution in [0.3, 0.4) is 0 Å². The highest BCUT2D eigenvalue weighted by atomic mass is 35.5. The first-order valence-corrected chi connectivity index (χ1v) is 3.90. The Balaban J connectivity index is 0.00000144. The fraction of sp³-hybridized carbons (Fsp3) is 0.714. The van der Waals surface area contributed by atoms with Gasteiger partial charge in [0.25, 0.3) is 0 Å². The van der Waals surface area contributed by atoms with Gasteiger partial charge in [0.1, 0.15) is 6.54 Å². The molecule has 0 unspecified atom stereocenters. The highest BCUT2D eigenvalue weighted by Crippen LogP contribution is 1.96. The molecule has 2 N–H and O–H groups in total. The van der Waals surface area contributed by atoms with E-state index in [1.165, 1.54) is 4.90 Å². The average molecular weight is 209 g/mol. The highest BCUT2D eigenvalue weighted by Gasteiger charge is 2.17. The lowest BCUT2D eigenvalue weighted by atomic mass is 10.3. The highest BCUT2D eigenvalue weighted by molar-refractivity contribution is 5.85. The van der Waals surface area contributed by atoms with Crippen molar-refractivity contribution in [1.29, 1.82) is 0 Å². The van der Waals surface area contributed by atoms with Gasteiger partial charge < -0.3 is 15.3 Å². The lowest BCUT2D eigenvalue weighted by Crippen LogP contribution is -2.36. The molecule has 0 aliphatic carbocycles. The molecular weight excluding hydrogens is 196 g/mol. The normalized spacial score (nSPS) is 17.5. The molecule has 1 aliphatic heterocycles. The van der Waals surface area contributed by atoms with Gasteiger partial charge in [-0.25, -0.2) is 0 Å². The molecule has 0 spiro atoms. The van der Waals surface area contributed by atoms with Crippen LogP contribution in [0, 0.1) is 0 Å². The standard InChI is InChI=1S/C7H12N2O3.ClH/c10-6-1-2-8-3-4-9(6)5-7(11)12;/h8H,1-5H2,(H,11,12);1H. The minimum absolute atomic E-state index is 0. The summed E-state index contributed by atoms with van der Waals surface area (Å²) >= 11 is 0. The molecule has 76 valence electrons. The van der Waals surface area contributed by atoms with E-state index in [4.69, 9.17) is 5.11 Å². The number of aliphatic carboxylic acids is 1. The van der Waals surface area contributed by atoms with Gasteiger partial charge in [0.2, 0.25) is 5.91 Å². The van der Waals surface area contributed by atoms with E-state index in [9.17, 15) is 9.59 Å². The minimum atomic E-state index is -0.953. The van der Waals surface area contributed by atoms with Crippen molar-refractivity contribution in [2.24, 2.45) is 0 Å². The van der Waals surface area contributed by atoms with Crippen LogP contribution < -0.4 is 5.32 Å². The van der Waals surface area contributed by atoms with Crippen LogP contribution >= 0.6 is 12.4 Å². The van der Waals surface area contributed by atoms with Crippen LogP contribution in [0.5, 0.6) is 0 Å². The van der Waals surface area contributed by atoms with Crippen molar-refractivity contribution in [1.82, 2.24) is 10.2 Å². The Morgan fingerprint density at radius 1 is 1.54 bits per heavy atom. The lowest BCUT2D eigenvalue weighted by Gasteiger charge is -2.16. The quantitative estimate of drug-likeness (QED) is 0.631. The lowest BCUT2D eigenvalue weighted by molar-refractivity contribution is -0.144. The summed E-state index contributed by atoms with van der Waals surface area (Å²) in [4.78, 5) is 22.8. The molecule has 1 saturated heterocycles. The van der Waals surface area contributed by atoms with Gasteiger partial charge in [-0.2, -0.15) is 0 Å². The van der Waals surface area contributed by atoms with E-state index < -0.39 is 5.97 Å². The molecule has 0 bridgehead atoms. The third-order valence-electron chi connectivity index (χ3n) is 1.75. The molecule has 6 heteroatoms. The van der Waals surface area contributed by atoms with Crippen LogP contribution in [0.15, 0.2) is 0 Å². The Morgan fingerprint density at radius 2 is 2.23 bits per heavy atom. The second-order valence-electron chi connectivity index (χ2n) is 2.71. The van der Waals surface area contributed by atoms with Crippen LogP contribution in [0.1, 0.15) is 6.42 Å². The Bertz CT molecular complexity index is 198. The summed E-state index contributed by atoms with van der Waals surface area (Å²) in [6.45, 7) is 1.64. The van der Waals surface area contributed by atoms with Crippen molar-refractivity contribution in [2.45, 2.75) is 6.42 Å². The number of carbonyl (C=O) groups is 2. The average Bonchev–Trinajstić information content (AvgIpc) is 2.16. The third kappa shape index (κ3) is 4.10. The van der Waals surface area contributed by atoms with Crippen molar-refractivity contribution in [2.75, 3.05) is 26.2 Å². The van der Waals surface area contributed by atoms with Crippen molar-refractivity contribution >= 4 is 24.3 Å². The van der Waals surface area contributed by atoms with E-state index in [0.29, 0.717) is 26.1 Å². The van der Waals surface area contributed by atoms with Gasteiger partial charge >= 0.3 is 5.97 Å². The molecule has 1 aliphatic rings. The van der Waals surface area contributed by atoms with Crippen LogP contribution in [0.4, 0.5) is 0 Å². The maximum Gasteiger partial charge on any atom is 0.323 e. The topological polar surface area (TPSA) is 69.6 Å². The van der Waals surface area contributed by atoms with Crippen molar-refractivity contribution in [3.05, 3.63) is 0 Å². The molecule has 0 aromatic rings. The second-order valence-corrected chi connectivity index (χ2v) is 2.71. The summed E-state index contributed by atoms with van der Waals surface area (Å²) in [6, 6.07) is 0. The zero-order chi connectivity index (χ0) is 8.97. The first-order valence-electron chi connectivity index (χ1n) is 3.90. The number of hydrogen-bond acceptors (Lipinski definition) is 3. The van der Waals surface area contributed by atoms with E-state index >= 15 is 0 Å². The molecule has 0 radical (unpaired) electrons. The summed E-state index contributed by atoms with van der Waals surface area (Å²) in [5, 5.41) is 11.5. The van der Waals surface area contributed by atoms with Gasteiger partial charge in [-0.1, -0.05) is 0 Å². The number of carbonyl (C=O) groups excluding carboxylic acids is 1. The predicted molar refractivity (Wildman–Crippen MR) is 49.0 cm³/mol. The predicted octanol–water partition coefficient (Wildman–Crippen LogP) is -0.685. The maximum atomic E-state index is 11.2. The van der Waals surface area contributed by atoms with E-state index in [1.807, 2.05) is 0 Å². The smallest absolute Gasteiger partial charge is 0.323 e. The molecule has 1 rings (SSSR count). The van der Waals surface area contributed by atoms with Crippen LogP contribution in [-0.2, 0) is 9.59 Å². The first kappa shape index (κ1) is 12.2. The van der Waals surface area contributed by atoms with Crippen LogP contribution in [0.2, 0.25) is 0 Å². The Labute approximate surface area is 82.5 Å². The van der Waals surface area contributed by atoms with Gasteiger partial charge in [0.05, 0.1) is 0 Å². The van der Waals surface area contributed by atoms with Crippen LogP contribution in [0.25, 0.3) is 0 Å². The maximum absolute atomic E-state index is 11.2. The van der Waals surface area contributed by atoms with Gasteiger partial charge in [0.15, 0.2) is 0 Å². The Morgan fingerprint density at radius 3 is 2.85 bits per heavy atom. The monoisotopic (exact) mass is 208 g/mol. The number of carboxylic acid groups (broad SMARTS) is 1. The van der Waals surface area contributed by atoms with Crippen LogP contribution in [-0.4, -0.2) is 48.1 Å². The molecule has 0 saturated carbocycles. The number of rotatable bonds is 2. The fourth-order valence-corrected chi connectivity index (χ4v) is 1.15. The largest absolute Gasteiger partial charge is 0.480 e.